The number of hydrogen-bond donors (Lipinski definition) is 2. The summed E-state index contributed by atoms with van der Waals surface area (Å²) < 4.78 is 38.9. The van der Waals surface area contributed by atoms with Crippen molar-refractivity contribution in [3.63, 3.8) is 0 Å². The zero-order valence-corrected chi connectivity index (χ0v) is 15.5. The third-order valence-corrected chi connectivity index (χ3v) is 4.40. The van der Waals surface area contributed by atoms with Gasteiger partial charge in [-0.05, 0) is 56.4 Å². The van der Waals surface area contributed by atoms with Crippen LogP contribution >= 0.6 is 12.2 Å². The molecule has 138 valence electrons. The molecule has 4 nitrogen and oxygen atoms in total. The molecule has 1 aliphatic rings. The van der Waals surface area contributed by atoms with Gasteiger partial charge in [0.2, 0.25) is 0 Å². The topological polar surface area (TPSA) is 42.5 Å². The van der Waals surface area contributed by atoms with Crippen LogP contribution in [0.5, 0.6) is 11.5 Å². The van der Waals surface area contributed by atoms with E-state index in [2.05, 4.69) is 10.6 Å². The van der Waals surface area contributed by atoms with Gasteiger partial charge in [-0.1, -0.05) is 6.07 Å². The van der Waals surface area contributed by atoms with E-state index in [0.717, 1.165) is 11.3 Å². The molecule has 0 radical (unpaired) electrons. The monoisotopic (exact) mass is 378 g/mol. The fraction of sp³-hybridized carbons (Fsp3) is 0.316. The Kier molecular flexibility index (Phi) is 5.00. The second-order valence-corrected chi connectivity index (χ2v) is 7.13. The van der Waals surface area contributed by atoms with E-state index in [9.17, 15) is 8.78 Å². The van der Waals surface area contributed by atoms with Gasteiger partial charge >= 0.3 is 0 Å². The third-order valence-electron chi connectivity index (χ3n) is 4.18. The fourth-order valence-corrected chi connectivity index (χ4v) is 3.26. The number of nitrogens with one attached hydrogen (secondary N) is 2. The van der Waals surface area contributed by atoms with Gasteiger partial charge in [-0.25, -0.2) is 8.78 Å². The zero-order chi connectivity index (χ0) is 18.9. The maximum Gasteiger partial charge on any atom is 0.171 e. The molecule has 0 bridgehead atoms. The zero-order valence-electron chi connectivity index (χ0n) is 14.7. The van der Waals surface area contributed by atoms with Crippen LogP contribution in [0.4, 0.5) is 14.5 Å². The average Bonchev–Trinajstić information content (AvgIpc) is 2.57. The molecule has 26 heavy (non-hydrogen) atoms. The van der Waals surface area contributed by atoms with Gasteiger partial charge in [0.25, 0.3) is 0 Å². The molecule has 0 fully saturated rings. The molecule has 0 aliphatic carbocycles. The molecular formula is C19H20F2N2O2S. The lowest BCUT2D eigenvalue weighted by Gasteiger charge is -2.38. The van der Waals surface area contributed by atoms with E-state index < -0.39 is 17.2 Å². The van der Waals surface area contributed by atoms with Crippen LogP contribution in [0.3, 0.4) is 0 Å². The minimum Gasteiger partial charge on any atom is -0.497 e. The number of methoxy groups -OCH3 is 1. The van der Waals surface area contributed by atoms with E-state index in [0.29, 0.717) is 12.2 Å². The second-order valence-electron chi connectivity index (χ2n) is 6.72. The van der Waals surface area contributed by atoms with Gasteiger partial charge in [0.1, 0.15) is 34.4 Å². The van der Waals surface area contributed by atoms with Gasteiger partial charge in [-0.15, -0.1) is 0 Å². The summed E-state index contributed by atoms with van der Waals surface area (Å²) in [4.78, 5) is 0. The van der Waals surface area contributed by atoms with Crippen molar-refractivity contribution in [2.24, 2.45) is 0 Å². The van der Waals surface area contributed by atoms with Crippen molar-refractivity contribution in [3.05, 3.63) is 53.6 Å². The van der Waals surface area contributed by atoms with Gasteiger partial charge in [0.05, 0.1) is 13.2 Å². The largest absolute Gasteiger partial charge is 0.497 e. The molecule has 7 heteroatoms. The summed E-state index contributed by atoms with van der Waals surface area (Å²) in [5.41, 5.74) is 0.182. The molecule has 0 spiro atoms. The number of rotatable bonds is 3. The first-order chi connectivity index (χ1) is 12.3. The second kappa shape index (κ2) is 7.07. The molecule has 1 unspecified atom stereocenters. The predicted molar refractivity (Wildman–Crippen MR) is 101 cm³/mol. The third kappa shape index (κ3) is 3.88. The molecule has 2 aromatic rings. The van der Waals surface area contributed by atoms with Crippen LogP contribution in [0.25, 0.3) is 0 Å². The van der Waals surface area contributed by atoms with Gasteiger partial charge in [0, 0.05) is 12.0 Å². The Morgan fingerprint density at radius 3 is 2.58 bits per heavy atom. The van der Waals surface area contributed by atoms with E-state index in [1.165, 1.54) is 18.2 Å². The van der Waals surface area contributed by atoms with Crippen molar-refractivity contribution >= 4 is 23.0 Å². The SMILES string of the molecule is COc1ccc2c(c1)C(NC(=S)Nc1c(F)cccc1F)CC(C)(C)O2. The highest BCUT2D eigenvalue weighted by atomic mass is 32.1. The highest BCUT2D eigenvalue weighted by molar-refractivity contribution is 7.80. The first kappa shape index (κ1) is 18.4. The summed E-state index contributed by atoms with van der Waals surface area (Å²) in [5.74, 6) is 0.00403. The predicted octanol–water partition coefficient (Wildman–Crippen LogP) is 4.56. The molecule has 1 heterocycles. The lowest BCUT2D eigenvalue weighted by molar-refractivity contribution is 0.0695. The van der Waals surface area contributed by atoms with Gasteiger partial charge in [-0.2, -0.15) is 0 Å². The van der Waals surface area contributed by atoms with Crippen LogP contribution in [-0.4, -0.2) is 17.8 Å². The normalized spacial score (nSPS) is 17.7. The van der Waals surface area contributed by atoms with Crippen LogP contribution in [-0.2, 0) is 0 Å². The summed E-state index contributed by atoms with van der Waals surface area (Å²) in [6.07, 6.45) is 0.620. The van der Waals surface area contributed by atoms with Crippen LogP contribution in [0.15, 0.2) is 36.4 Å². The fourth-order valence-electron chi connectivity index (χ4n) is 3.01. The minimum absolute atomic E-state index is 0.130. The molecule has 0 aromatic heterocycles. The smallest absolute Gasteiger partial charge is 0.171 e. The first-order valence-corrected chi connectivity index (χ1v) is 8.58. The Bertz CT molecular complexity index is 822. The highest BCUT2D eigenvalue weighted by Crippen LogP contribution is 2.41. The number of ether oxygens (including phenoxy) is 2. The molecule has 2 N–H and O–H groups in total. The lowest BCUT2D eigenvalue weighted by Crippen LogP contribution is -2.42. The minimum atomic E-state index is -0.705. The summed E-state index contributed by atoms with van der Waals surface area (Å²) in [7, 11) is 1.59. The van der Waals surface area contributed by atoms with Gasteiger partial charge in [0.15, 0.2) is 5.11 Å². The van der Waals surface area contributed by atoms with E-state index in [-0.39, 0.29) is 16.8 Å². The number of benzene rings is 2. The van der Waals surface area contributed by atoms with Crippen LogP contribution < -0.4 is 20.1 Å². The average molecular weight is 378 g/mol. The van der Waals surface area contributed by atoms with Gasteiger partial charge in [-0.3, -0.25) is 0 Å². The Balaban J connectivity index is 1.84. The summed E-state index contributed by atoms with van der Waals surface area (Å²) >= 11 is 5.27. The Labute approximate surface area is 156 Å². The van der Waals surface area contributed by atoms with E-state index in [1.807, 2.05) is 32.0 Å². The lowest BCUT2D eigenvalue weighted by atomic mass is 9.89. The summed E-state index contributed by atoms with van der Waals surface area (Å²) in [6.45, 7) is 3.95. The van der Waals surface area contributed by atoms with E-state index in [1.54, 1.807) is 7.11 Å². The van der Waals surface area contributed by atoms with Crippen LogP contribution in [0.1, 0.15) is 31.9 Å². The number of para-hydroxylation sites is 1. The van der Waals surface area contributed by atoms with Crippen molar-refractivity contribution in [1.29, 1.82) is 0 Å². The maximum absolute atomic E-state index is 13.8. The molecule has 0 saturated carbocycles. The molecule has 0 amide bonds. The number of fused-ring (bicyclic) bond motifs is 1. The number of anilines is 1. The van der Waals surface area contributed by atoms with Crippen LogP contribution in [0, 0.1) is 11.6 Å². The Hall–Kier alpha value is -2.41. The van der Waals surface area contributed by atoms with Crippen molar-refractivity contribution in [2.75, 3.05) is 12.4 Å². The summed E-state index contributed by atoms with van der Waals surface area (Å²) in [6, 6.07) is 8.99. The molecule has 1 aliphatic heterocycles. The highest BCUT2D eigenvalue weighted by Gasteiger charge is 2.34. The van der Waals surface area contributed by atoms with Crippen molar-refractivity contribution < 1.29 is 18.3 Å². The molecule has 1 atom stereocenters. The molecule has 2 aromatic carbocycles. The maximum atomic E-state index is 13.8. The van der Waals surface area contributed by atoms with Crippen molar-refractivity contribution in [1.82, 2.24) is 5.32 Å². The van der Waals surface area contributed by atoms with E-state index >= 15 is 0 Å². The number of thiocarbonyl (C=S) groups is 1. The standard InChI is InChI=1S/C19H20F2N2O2S/c1-19(2)10-15(12-9-11(24-3)7-8-16(12)25-19)22-18(26)23-17-13(20)5-4-6-14(17)21/h4-9,15H,10H2,1-3H3,(H2,22,23,26). The summed E-state index contributed by atoms with van der Waals surface area (Å²) in [5, 5.41) is 5.88. The Morgan fingerprint density at radius 2 is 1.92 bits per heavy atom. The van der Waals surface area contributed by atoms with E-state index in [4.69, 9.17) is 21.7 Å². The first-order valence-electron chi connectivity index (χ1n) is 8.17. The van der Waals surface area contributed by atoms with Gasteiger partial charge < -0.3 is 20.1 Å². The van der Waals surface area contributed by atoms with Crippen LogP contribution in [0.2, 0.25) is 0 Å². The number of halogens is 2. The number of hydrogen-bond acceptors (Lipinski definition) is 3. The molecule has 0 saturated heterocycles. The Morgan fingerprint density at radius 1 is 1.23 bits per heavy atom. The quantitative estimate of drug-likeness (QED) is 0.767. The molecule has 3 rings (SSSR count). The van der Waals surface area contributed by atoms with Crippen molar-refractivity contribution in [2.45, 2.75) is 31.9 Å². The molecular weight excluding hydrogens is 358 g/mol. The van der Waals surface area contributed by atoms with Crippen molar-refractivity contribution in [3.8, 4) is 11.5 Å².